The van der Waals surface area contributed by atoms with Crippen molar-refractivity contribution in [3.8, 4) is 11.5 Å². The molecule has 5 heteroatoms. The molecule has 0 fully saturated rings. The summed E-state index contributed by atoms with van der Waals surface area (Å²) in [5, 5.41) is -0.220. The number of halogens is 2. The Bertz CT molecular complexity index is 542. The highest BCUT2D eigenvalue weighted by atomic mass is 79.9. The van der Waals surface area contributed by atoms with Gasteiger partial charge in [-0.05, 0) is 40.2 Å². The third-order valence-electron chi connectivity index (χ3n) is 2.56. The van der Waals surface area contributed by atoms with Gasteiger partial charge in [-0.15, -0.1) is 22.9 Å². The Balaban J connectivity index is 2.38. The van der Waals surface area contributed by atoms with E-state index in [4.69, 9.17) is 21.1 Å². The van der Waals surface area contributed by atoms with Crippen molar-refractivity contribution in [2.75, 3.05) is 14.2 Å². The molecule has 2 aromatic rings. The van der Waals surface area contributed by atoms with Crippen LogP contribution in [0.2, 0.25) is 0 Å². The van der Waals surface area contributed by atoms with Crippen LogP contribution in [0.25, 0.3) is 0 Å². The van der Waals surface area contributed by atoms with Gasteiger partial charge in [0.15, 0.2) is 0 Å². The highest BCUT2D eigenvalue weighted by molar-refractivity contribution is 9.11. The highest BCUT2D eigenvalue weighted by Crippen LogP contribution is 2.40. The summed E-state index contributed by atoms with van der Waals surface area (Å²) in [6, 6.07) is 9.66. The molecule has 2 nitrogen and oxygen atoms in total. The minimum Gasteiger partial charge on any atom is -0.497 e. The summed E-state index contributed by atoms with van der Waals surface area (Å²) in [7, 11) is 3.26. The van der Waals surface area contributed by atoms with E-state index in [9.17, 15) is 0 Å². The molecule has 0 spiro atoms. The zero-order valence-electron chi connectivity index (χ0n) is 9.94. The molecule has 0 aliphatic heterocycles. The normalized spacial score (nSPS) is 12.2. The van der Waals surface area contributed by atoms with Crippen LogP contribution >= 0.6 is 38.9 Å². The maximum atomic E-state index is 6.49. The highest BCUT2D eigenvalue weighted by Gasteiger charge is 2.18. The zero-order chi connectivity index (χ0) is 13.1. The molecule has 1 unspecified atom stereocenters. The van der Waals surface area contributed by atoms with Crippen LogP contribution in [-0.4, -0.2) is 14.2 Å². The molecule has 0 N–H and O–H groups in total. The van der Waals surface area contributed by atoms with E-state index in [-0.39, 0.29) is 5.38 Å². The van der Waals surface area contributed by atoms with Gasteiger partial charge in [-0.3, -0.25) is 0 Å². The first-order valence-corrected chi connectivity index (χ1v) is 7.31. The molecule has 0 aliphatic rings. The third kappa shape index (κ3) is 2.82. The fourth-order valence-electron chi connectivity index (χ4n) is 1.65. The Hall–Kier alpha value is -0.710. The molecule has 1 aromatic heterocycles. The Morgan fingerprint density at radius 2 is 1.94 bits per heavy atom. The summed E-state index contributed by atoms with van der Waals surface area (Å²) >= 11 is 11.6. The summed E-state index contributed by atoms with van der Waals surface area (Å²) in [6.07, 6.45) is 0. The van der Waals surface area contributed by atoms with E-state index in [1.807, 2.05) is 30.3 Å². The first-order chi connectivity index (χ1) is 8.65. The van der Waals surface area contributed by atoms with Crippen LogP contribution in [0.4, 0.5) is 0 Å². The second kappa shape index (κ2) is 5.95. The molecule has 96 valence electrons. The number of hydrogen-bond donors (Lipinski definition) is 0. The average molecular weight is 348 g/mol. The minimum atomic E-state index is -0.220. The van der Waals surface area contributed by atoms with Gasteiger partial charge in [-0.2, -0.15) is 0 Å². The zero-order valence-corrected chi connectivity index (χ0v) is 13.1. The summed E-state index contributed by atoms with van der Waals surface area (Å²) in [5.41, 5.74) is 0.939. The van der Waals surface area contributed by atoms with E-state index < -0.39 is 0 Å². The summed E-state index contributed by atoms with van der Waals surface area (Å²) in [6.45, 7) is 0. The summed E-state index contributed by atoms with van der Waals surface area (Å²) in [4.78, 5) is 1.08. The van der Waals surface area contributed by atoms with E-state index in [0.717, 1.165) is 25.7 Å². The number of rotatable bonds is 4. The number of hydrogen-bond acceptors (Lipinski definition) is 3. The number of alkyl halides is 1. The lowest BCUT2D eigenvalue weighted by Gasteiger charge is -2.13. The molecule has 1 heterocycles. The van der Waals surface area contributed by atoms with E-state index in [1.165, 1.54) is 0 Å². The first kappa shape index (κ1) is 13.7. The van der Waals surface area contributed by atoms with Crippen LogP contribution in [-0.2, 0) is 0 Å². The van der Waals surface area contributed by atoms with Crippen LogP contribution in [0.15, 0.2) is 34.1 Å². The lowest BCUT2D eigenvalue weighted by Crippen LogP contribution is -1.96. The van der Waals surface area contributed by atoms with Crippen molar-refractivity contribution in [1.82, 2.24) is 0 Å². The van der Waals surface area contributed by atoms with Crippen molar-refractivity contribution in [2.45, 2.75) is 5.38 Å². The van der Waals surface area contributed by atoms with Crippen molar-refractivity contribution >= 4 is 38.9 Å². The van der Waals surface area contributed by atoms with Gasteiger partial charge in [-0.1, -0.05) is 0 Å². The second-order valence-corrected chi connectivity index (χ2v) is 6.54. The van der Waals surface area contributed by atoms with Crippen molar-refractivity contribution < 1.29 is 9.47 Å². The van der Waals surface area contributed by atoms with Gasteiger partial charge in [0.2, 0.25) is 0 Å². The van der Waals surface area contributed by atoms with E-state index >= 15 is 0 Å². The Morgan fingerprint density at radius 1 is 1.17 bits per heavy atom. The average Bonchev–Trinajstić information content (AvgIpc) is 2.83. The van der Waals surface area contributed by atoms with Crippen molar-refractivity contribution in [3.63, 3.8) is 0 Å². The molecule has 0 amide bonds. The first-order valence-electron chi connectivity index (χ1n) is 5.27. The fraction of sp³-hybridized carbons (Fsp3) is 0.231. The molecule has 0 bridgehead atoms. The number of thiophene rings is 1. The molecule has 0 saturated carbocycles. The molecule has 18 heavy (non-hydrogen) atoms. The maximum Gasteiger partial charge on any atom is 0.127 e. The van der Waals surface area contributed by atoms with Gasteiger partial charge in [0.1, 0.15) is 11.5 Å². The van der Waals surface area contributed by atoms with Crippen LogP contribution in [0.3, 0.4) is 0 Å². The lowest BCUT2D eigenvalue weighted by atomic mass is 10.1. The van der Waals surface area contributed by atoms with Gasteiger partial charge in [-0.25, -0.2) is 0 Å². The Kier molecular flexibility index (Phi) is 4.54. The Morgan fingerprint density at radius 3 is 2.50 bits per heavy atom. The van der Waals surface area contributed by atoms with Crippen molar-refractivity contribution in [3.05, 3.63) is 44.6 Å². The van der Waals surface area contributed by atoms with E-state index in [0.29, 0.717) is 0 Å². The molecule has 1 aromatic carbocycles. The Labute approximate surface area is 124 Å². The SMILES string of the molecule is COc1ccc(C(Cl)c2ccc(Br)s2)c(OC)c1. The van der Waals surface area contributed by atoms with Crippen molar-refractivity contribution in [1.29, 1.82) is 0 Å². The number of ether oxygens (including phenoxy) is 2. The van der Waals surface area contributed by atoms with E-state index in [2.05, 4.69) is 15.9 Å². The van der Waals surface area contributed by atoms with E-state index in [1.54, 1.807) is 25.6 Å². The fourth-order valence-corrected chi connectivity index (χ4v) is 3.45. The van der Waals surface area contributed by atoms with Crippen molar-refractivity contribution in [2.24, 2.45) is 0 Å². The van der Waals surface area contributed by atoms with Crippen LogP contribution in [0, 0.1) is 0 Å². The second-order valence-electron chi connectivity index (χ2n) is 3.61. The summed E-state index contributed by atoms with van der Waals surface area (Å²) in [5.74, 6) is 1.49. The molecule has 0 saturated heterocycles. The molecular formula is C13H12BrClO2S. The molecule has 0 radical (unpaired) electrons. The van der Waals surface area contributed by atoms with Gasteiger partial charge < -0.3 is 9.47 Å². The van der Waals surface area contributed by atoms with Crippen LogP contribution in [0.5, 0.6) is 11.5 Å². The molecule has 2 rings (SSSR count). The lowest BCUT2D eigenvalue weighted by molar-refractivity contribution is 0.391. The monoisotopic (exact) mass is 346 g/mol. The largest absolute Gasteiger partial charge is 0.497 e. The smallest absolute Gasteiger partial charge is 0.127 e. The predicted molar refractivity (Wildman–Crippen MR) is 79.3 cm³/mol. The summed E-state index contributed by atoms with van der Waals surface area (Å²) < 4.78 is 11.6. The third-order valence-corrected chi connectivity index (χ3v) is 4.85. The standard InChI is InChI=1S/C13H12BrClO2S/c1-16-8-3-4-9(10(7-8)17-2)13(15)11-5-6-12(14)18-11/h3-7,13H,1-2H3. The van der Waals surface area contributed by atoms with Crippen LogP contribution < -0.4 is 9.47 Å². The van der Waals surface area contributed by atoms with Gasteiger partial charge in [0, 0.05) is 16.5 Å². The molecule has 0 aliphatic carbocycles. The van der Waals surface area contributed by atoms with Gasteiger partial charge >= 0.3 is 0 Å². The predicted octanol–water partition coefficient (Wildman–Crippen LogP) is 4.86. The topological polar surface area (TPSA) is 18.5 Å². The quantitative estimate of drug-likeness (QED) is 0.736. The van der Waals surface area contributed by atoms with Gasteiger partial charge in [0.05, 0.1) is 23.4 Å². The minimum absolute atomic E-state index is 0.220. The van der Waals surface area contributed by atoms with Crippen LogP contribution in [0.1, 0.15) is 15.8 Å². The number of benzene rings is 1. The molecular weight excluding hydrogens is 336 g/mol. The maximum absolute atomic E-state index is 6.49. The van der Waals surface area contributed by atoms with Gasteiger partial charge in [0.25, 0.3) is 0 Å². The number of methoxy groups -OCH3 is 2. The molecule has 1 atom stereocenters.